The molecule has 0 unspecified atom stereocenters. The van der Waals surface area contributed by atoms with Crippen molar-refractivity contribution in [1.29, 1.82) is 0 Å². The lowest BCUT2D eigenvalue weighted by atomic mass is 10.1. The van der Waals surface area contributed by atoms with Gasteiger partial charge < -0.3 is 9.47 Å². The highest BCUT2D eigenvalue weighted by atomic mass is 35.5. The molecule has 9 nitrogen and oxygen atoms in total. The Morgan fingerprint density at radius 1 is 0.944 bits per heavy atom. The average Bonchev–Trinajstić information content (AvgIpc) is 3.40. The Hall–Kier alpha value is -3.20. The zero-order valence-corrected chi connectivity index (χ0v) is 22.3. The van der Waals surface area contributed by atoms with Gasteiger partial charge in [-0.2, -0.15) is 15.0 Å². The number of amides is 2. The molecule has 1 aliphatic carbocycles. The number of halogens is 1. The summed E-state index contributed by atoms with van der Waals surface area (Å²) in [5.41, 5.74) is 0.791. The molecule has 1 fully saturated rings. The molecule has 0 atom stereocenters. The van der Waals surface area contributed by atoms with E-state index >= 15 is 0 Å². The zero-order chi connectivity index (χ0) is 26.3. The Kier molecular flexibility index (Phi) is 6.96. The van der Waals surface area contributed by atoms with Crippen molar-refractivity contribution < 1.29 is 19.1 Å². The Morgan fingerprint density at radius 3 is 2.03 bits per heavy atom. The number of hydrogen-bond donors (Lipinski definition) is 0. The van der Waals surface area contributed by atoms with Crippen molar-refractivity contribution in [1.82, 2.24) is 19.7 Å². The van der Waals surface area contributed by atoms with Gasteiger partial charge in [0.15, 0.2) is 5.65 Å². The molecule has 1 saturated carbocycles. The van der Waals surface area contributed by atoms with Crippen molar-refractivity contribution in [2.75, 3.05) is 4.90 Å². The van der Waals surface area contributed by atoms with E-state index in [0.717, 1.165) is 28.7 Å². The molecule has 0 saturated heterocycles. The van der Waals surface area contributed by atoms with Gasteiger partial charge in [-0.05, 0) is 78.1 Å². The van der Waals surface area contributed by atoms with E-state index in [1.165, 1.54) is 12.8 Å². The topological polar surface area (TPSA) is 99.4 Å². The van der Waals surface area contributed by atoms with Crippen LogP contribution >= 0.6 is 11.6 Å². The zero-order valence-electron chi connectivity index (χ0n) is 21.5. The Balaban J connectivity index is 1.70. The van der Waals surface area contributed by atoms with E-state index in [9.17, 15) is 9.59 Å². The van der Waals surface area contributed by atoms with Gasteiger partial charge in [-0.15, -0.1) is 0 Å². The van der Waals surface area contributed by atoms with Crippen LogP contribution < -0.4 is 4.90 Å². The highest BCUT2D eigenvalue weighted by molar-refractivity contribution is 6.28. The third-order valence-electron chi connectivity index (χ3n) is 5.65. The van der Waals surface area contributed by atoms with Gasteiger partial charge in [0.1, 0.15) is 11.2 Å². The predicted octanol–water partition coefficient (Wildman–Crippen LogP) is 6.94. The van der Waals surface area contributed by atoms with Gasteiger partial charge in [-0.3, -0.25) is 0 Å². The first-order chi connectivity index (χ1) is 16.8. The molecule has 3 aromatic rings. The van der Waals surface area contributed by atoms with Gasteiger partial charge in [0.2, 0.25) is 5.28 Å². The fourth-order valence-electron chi connectivity index (χ4n) is 4.20. The predicted molar refractivity (Wildman–Crippen MR) is 138 cm³/mol. The van der Waals surface area contributed by atoms with E-state index in [-0.39, 0.29) is 5.28 Å². The SMILES string of the molecule is CC(C)(C)OC(=O)N(C(=O)OC(C)(C)C)c1ccc(-c2nc(Cl)nc3c2cnn3C2CCCC2)cc1. The number of nitrogens with zero attached hydrogens (tertiary/aromatic N) is 5. The summed E-state index contributed by atoms with van der Waals surface area (Å²) in [7, 11) is 0. The summed E-state index contributed by atoms with van der Waals surface area (Å²) in [6.45, 7) is 10.4. The smallest absolute Gasteiger partial charge is 0.424 e. The van der Waals surface area contributed by atoms with Gasteiger partial charge in [-0.25, -0.2) is 19.3 Å². The second kappa shape index (κ2) is 9.69. The van der Waals surface area contributed by atoms with Crippen molar-refractivity contribution in [3.63, 3.8) is 0 Å². The standard InChI is InChI=1S/C26H32ClN5O4/c1-25(2,3)35-23(33)31(24(34)36-26(4,5)6)17-13-11-16(12-14-17)20-19-15-28-32(18-9-7-8-10-18)21(19)30-22(27)29-20/h11-15,18H,7-10H2,1-6H3. The largest absolute Gasteiger partial charge is 0.443 e. The highest BCUT2D eigenvalue weighted by Crippen LogP contribution is 2.34. The van der Waals surface area contributed by atoms with Crippen molar-refractivity contribution >= 4 is 40.5 Å². The molecule has 4 rings (SSSR count). The Morgan fingerprint density at radius 2 is 1.50 bits per heavy atom. The highest BCUT2D eigenvalue weighted by Gasteiger charge is 2.32. The fraction of sp³-hybridized carbons (Fsp3) is 0.500. The maximum absolute atomic E-state index is 12.9. The molecule has 1 aromatic carbocycles. The second-order valence-electron chi connectivity index (χ2n) is 10.9. The van der Waals surface area contributed by atoms with Crippen molar-refractivity contribution in [2.45, 2.75) is 84.5 Å². The van der Waals surface area contributed by atoms with Crippen LogP contribution in [0.5, 0.6) is 0 Å². The third-order valence-corrected chi connectivity index (χ3v) is 5.82. The van der Waals surface area contributed by atoms with Crippen LogP contribution in [0.3, 0.4) is 0 Å². The van der Waals surface area contributed by atoms with E-state index in [4.69, 9.17) is 21.1 Å². The molecule has 0 N–H and O–H groups in total. The number of carbonyl (C=O) groups is 2. The molecule has 192 valence electrons. The van der Waals surface area contributed by atoms with Gasteiger partial charge in [0.05, 0.1) is 29.0 Å². The molecule has 2 heterocycles. The minimum atomic E-state index is -0.824. The van der Waals surface area contributed by atoms with Gasteiger partial charge >= 0.3 is 12.2 Å². The molecule has 2 amide bonds. The number of carbonyl (C=O) groups excluding carboxylic acids is 2. The summed E-state index contributed by atoms with van der Waals surface area (Å²) < 4.78 is 12.9. The Labute approximate surface area is 215 Å². The van der Waals surface area contributed by atoms with E-state index < -0.39 is 23.4 Å². The fourth-order valence-corrected chi connectivity index (χ4v) is 4.37. The summed E-state index contributed by atoms with van der Waals surface area (Å²) in [5, 5.41) is 5.51. The molecule has 0 radical (unpaired) electrons. The van der Waals surface area contributed by atoms with Gasteiger partial charge in [0, 0.05) is 5.56 Å². The van der Waals surface area contributed by atoms with E-state index in [1.54, 1.807) is 72.0 Å². The van der Waals surface area contributed by atoms with Gasteiger partial charge in [0.25, 0.3) is 0 Å². The average molecular weight is 514 g/mol. The molecule has 1 aliphatic rings. The lowest BCUT2D eigenvalue weighted by Crippen LogP contribution is -2.43. The first-order valence-corrected chi connectivity index (χ1v) is 12.5. The number of hydrogen-bond acceptors (Lipinski definition) is 7. The number of imide groups is 1. The monoisotopic (exact) mass is 513 g/mol. The lowest BCUT2D eigenvalue weighted by molar-refractivity contribution is 0.0430. The summed E-state index contributed by atoms with van der Waals surface area (Å²) >= 11 is 6.30. The molecule has 10 heteroatoms. The molecule has 36 heavy (non-hydrogen) atoms. The van der Waals surface area contributed by atoms with E-state index in [1.807, 2.05) is 4.68 Å². The van der Waals surface area contributed by atoms with Crippen molar-refractivity contribution in [3.05, 3.63) is 35.7 Å². The molecule has 0 bridgehead atoms. The third kappa shape index (κ3) is 5.78. The minimum absolute atomic E-state index is 0.130. The van der Waals surface area contributed by atoms with Crippen LogP contribution in [0, 0.1) is 0 Å². The van der Waals surface area contributed by atoms with Crippen LogP contribution in [-0.2, 0) is 9.47 Å². The molecule has 2 aromatic heterocycles. The summed E-state index contributed by atoms with van der Waals surface area (Å²) in [6.07, 6.45) is 4.59. The molecular formula is C26H32ClN5O4. The minimum Gasteiger partial charge on any atom is -0.443 e. The molecule has 0 spiro atoms. The number of fused-ring (bicyclic) bond motifs is 1. The van der Waals surface area contributed by atoms with E-state index in [0.29, 0.717) is 23.1 Å². The number of anilines is 1. The maximum atomic E-state index is 12.9. The summed E-state index contributed by atoms with van der Waals surface area (Å²) in [6, 6.07) is 7.13. The number of aromatic nitrogens is 4. The number of ether oxygens (including phenoxy) is 2. The summed E-state index contributed by atoms with van der Waals surface area (Å²) in [5.74, 6) is 0. The van der Waals surface area contributed by atoms with Crippen LogP contribution in [0.2, 0.25) is 5.28 Å². The van der Waals surface area contributed by atoms with Crippen LogP contribution in [0.4, 0.5) is 15.3 Å². The first kappa shape index (κ1) is 25.9. The van der Waals surface area contributed by atoms with Crippen LogP contribution in [0.25, 0.3) is 22.3 Å². The maximum Gasteiger partial charge on any atom is 0.424 e. The lowest BCUT2D eigenvalue weighted by Gasteiger charge is -2.28. The normalized spacial score (nSPS) is 14.8. The molecule has 0 aliphatic heterocycles. The second-order valence-corrected chi connectivity index (χ2v) is 11.3. The van der Waals surface area contributed by atoms with Crippen molar-refractivity contribution in [2.24, 2.45) is 0 Å². The number of benzene rings is 1. The van der Waals surface area contributed by atoms with E-state index in [2.05, 4.69) is 15.1 Å². The van der Waals surface area contributed by atoms with Crippen LogP contribution in [0.15, 0.2) is 30.5 Å². The van der Waals surface area contributed by atoms with Gasteiger partial charge in [-0.1, -0.05) is 25.0 Å². The molecular weight excluding hydrogens is 482 g/mol. The van der Waals surface area contributed by atoms with Crippen LogP contribution in [0.1, 0.15) is 73.3 Å². The Bertz CT molecular complexity index is 1240. The quantitative estimate of drug-likeness (QED) is 0.350. The summed E-state index contributed by atoms with van der Waals surface area (Å²) in [4.78, 5) is 35.7. The first-order valence-electron chi connectivity index (χ1n) is 12.1. The number of rotatable bonds is 3. The van der Waals surface area contributed by atoms with Crippen molar-refractivity contribution in [3.8, 4) is 11.3 Å². The van der Waals surface area contributed by atoms with Crippen LogP contribution in [-0.4, -0.2) is 43.1 Å².